The quantitative estimate of drug-likeness (QED) is 0.162. The Balaban J connectivity index is 1.68. The van der Waals surface area contributed by atoms with Crippen LogP contribution in [0.5, 0.6) is 11.5 Å². The number of aliphatic hydroxyl groups excluding tert-OH is 1. The summed E-state index contributed by atoms with van der Waals surface area (Å²) in [5, 5.41) is 11.4. The first-order valence-corrected chi connectivity index (χ1v) is 12.8. The molecule has 0 aromatic heterocycles. The Morgan fingerprint density at radius 2 is 1.74 bits per heavy atom. The van der Waals surface area contributed by atoms with Crippen molar-refractivity contribution in [2.75, 3.05) is 33.8 Å². The van der Waals surface area contributed by atoms with Crippen molar-refractivity contribution in [1.29, 1.82) is 0 Å². The van der Waals surface area contributed by atoms with E-state index in [1.807, 2.05) is 80.5 Å². The van der Waals surface area contributed by atoms with Crippen LogP contribution < -0.4 is 9.47 Å². The van der Waals surface area contributed by atoms with Crippen molar-refractivity contribution in [3.63, 3.8) is 0 Å². The van der Waals surface area contributed by atoms with Crippen LogP contribution in [0.25, 0.3) is 5.76 Å². The maximum absolute atomic E-state index is 13.3. The van der Waals surface area contributed by atoms with Gasteiger partial charge in [0.05, 0.1) is 11.6 Å². The van der Waals surface area contributed by atoms with Gasteiger partial charge in [0.25, 0.3) is 11.7 Å². The van der Waals surface area contributed by atoms with Crippen molar-refractivity contribution >= 4 is 17.4 Å². The van der Waals surface area contributed by atoms with E-state index >= 15 is 0 Å². The molecule has 1 saturated heterocycles. The number of aryl methyl sites for hydroxylation is 1. The average Bonchev–Trinajstić information content (AvgIpc) is 3.19. The Labute approximate surface area is 229 Å². The number of benzene rings is 3. The van der Waals surface area contributed by atoms with Crippen molar-refractivity contribution in [2.45, 2.75) is 19.6 Å². The van der Waals surface area contributed by atoms with Crippen LogP contribution in [-0.4, -0.2) is 60.4 Å². The van der Waals surface area contributed by atoms with E-state index in [1.54, 1.807) is 24.3 Å². The highest BCUT2D eigenvalue weighted by molar-refractivity contribution is 6.46. The molecule has 3 aromatic carbocycles. The number of ketones is 1. The van der Waals surface area contributed by atoms with Gasteiger partial charge in [-0.15, -0.1) is 0 Å². The minimum atomic E-state index is -0.731. The highest BCUT2D eigenvalue weighted by atomic mass is 16.5. The smallest absolute Gasteiger partial charge is 0.295 e. The number of likely N-dealkylation sites (tertiary alicyclic amines) is 1. The molecule has 1 aliphatic heterocycles. The molecule has 1 unspecified atom stereocenters. The van der Waals surface area contributed by atoms with Crippen molar-refractivity contribution in [2.24, 2.45) is 0 Å². The Bertz CT molecular complexity index is 1360. The third-order valence-electron chi connectivity index (χ3n) is 6.58. The van der Waals surface area contributed by atoms with Gasteiger partial charge in [0.1, 0.15) is 30.5 Å². The van der Waals surface area contributed by atoms with Crippen LogP contribution in [0.1, 0.15) is 28.3 Å². The summed E-state index contributed by atoms with van der Waals surface area (Å²) in [4.78, 5) is 29.9. The molecule has 1 amide bonds. The molecular formula is C32H34N2O5. The lowest BCUT2D eigenvalue weighted by molar-refractivity contribution is -0.140. The molecule has 7 heteroatoms. The van der Waals surface area contributed by atoms with Crippen LogP contribution in [0.3, 0.4) is 0 Å². The lowest BCUT2D eigenvalue weighted by atomic mass is 9.94. The van der Waals surface area contributed by atoms with Gasteiger partial charge in [-0.25, -0.2) is 0 Å². The molecule has 3 aromatic rings. The monoisotopic (exact) mass is 526 g/mol. The van der Waals surface area contributed by atoms with Gasteiger partial charge < -0.3 is 24.4 Å². The third kappa shape index (κ3) is 6.38. The number of hydrogen-bond acceptors (Lipinski definition) is 6. The predicted molar refractivity (Wildman–Crippen MR) is 152 cm³/mol. The first-order chi connectivity index (χ1) is 18.8. The highest BCUT2D eigenvalue weighted by Gasteiger charge is 2.45. The zero-order valence-corrected chi connectivity index (χ0v) is 22.6. The van der Waals surface area contributed by atoms with E-state index in [0.29, 0.717) is 48.9 Å². The van der Waals surface area contributed by atoms with Gasteiger partial charge in [0.2, 0.25) is 0 Å². The number of amides is 1. The fourth-order valence-electron chi connectivity index (χ4n) is 4.52. The van der Waals surface area contributed by atoms with E-state index in [0.717, 1.165) is 11.1 Å². The highest BCUT2D eigenvalue weighted by Crippen LogP contribution is 2.40. The number of hydrogen-bond donors (Lipinski definition) is 1. The Morgan fingerprint density at radius 1 is 1.03 bits per heavy atom. The summed E-state index contributed by atoms with van der Waals surface area (Å²) in [5.74, 6) is -0.228. The summed E-state index contributed by atoms with van der Waals surface area (Å²) >= 11 is 0. The van der Waals surface area contributed by atoms with E-state index in [4.69, 9.17) is 9.47 Å². The number of carbonyl (C=O) groups is 2. The standard InChI is InChI=1S/C32H34N2O5/c1-5-19-38-27-16-13-25(20-22(27)2)30(35)28-29(34(18-17-33(3)4)32(37)31(28)36)24-11-14-26(15-12-24)39-21-23-9-7-6-8-10-23/h5-16,20,29,35H,1,17-19,21H2,2-4H3/b30-28-. The molecule has 39 heavy (non-hydrogen) atoms. The summed E-state index contributed by atoms with van der Waals surface area (Å²) in [7, 11) is 3.81. The summed E-state index contributed by atoms with van der Waals surface area (Å²) < 4.78 is 11.6. The minimum absolute atomic E-state index is 0.0656. The molecule has 1 N–H and O–H groups in total. The molecule has 1 heterocycles. The summed E-state index contributed by atoms with van der Waals surface area (Å²) in [6.07, 6.45) is 1.65. The number of rotatable bonds is 11. The number of carbonyl (C=O) groups excluding carboxylic acids is 2. The zero-order valence-electron chi connectivity index (χ0n) is 22.6. The van der Waals surface area contributed by atoms with Crippen molar-refractivity contribution < 1.29 is 24.2 Å². The summed E-state index contributed by atoms with van der Waals surface area (Å²) in [6, 6.07) is 21.6. The Kier molecular flexibility index (Phi) is 8.84. The van der Waals surface area contributed by atoms with E-state index in [2.05, 4.69) is 6.58 Å². The average molecular weight is 527 g/mol. The number of Topliss-reactive ketones (excluding diaryl/α,β-unsaturated/α-hetero) is 1. The minimum Gasteiger partial charge on any atom is -0.507 e. The molecule has 4 rings (SSSR count). The number of aliphatic hydroxyl groups is 1. The molecular weight excluding hydrogens is 492 g/mol. The van der Waals surface area contributed by atoms with Crippen molar-refractivity contribution in [1.82, 2.24) is 9.80 Å². The first kappa shape index (κ1) is 27.7. The normalized spacial score (nSPS) is 16.5. The predicted octanol–water partition coefficient (Wildman–Crippen LogP) is 5.12. The van der Waals surface area contributed by atoms with Crippen LogP contribution in [-0.2, 0) is 16.2 Å². The molecule has 0 bridgehead atoms. The van der Waals surface area contributed by atoms with Gasteiger partial charge >= 0.3 is 0 Å². The van der Waals surface area contributed by atoms with Crippen LogP contribution in [0.4, 0.5) is 0 Å². The Hall–Kier alpha value is -4.36. The fraction of sp³-hybridized carbons (Fsp3) is 0.250. The van der Waals surface area contributed by atoms with Gasteiger partial charge in [0, 0.05) is 18.7 Å². The topological polar surface area (TPSA) is 79.3 Å². The van der Waals surface area contributed by atoms with E-state index in [9.17, 15) is 14.7 Å². The molecule has 202 valence electrons. The zero-order chi connectivity index (χ0) is 27.9. The molecule has 0 aliphatic carbocycles. The van der Waals surface area contributed by atoms with Gasteiger partial charge in [0.15, 0.2) is 0 Å². The molecule has 7 nitrogen and oxygen atoms in total. The summed E-state index contributed by atoms with van der Waals surface area (Å²) in [6.45, 7) is 7.20. The Morgan fingerprint density at radius 3 is 2.38 bits per heavy atom. The van der Waals surface area contributed by atoms with Crippen LogP contribution in [0.15, 0.2) is 91.0 Å². The van der Waals surface area contributed by atoms with Crippen molar-refractivity contribution in [3.8, 4) is 11.5 Å². The molecule has 1 fully saturated rings. The maximum Gasteiger partial charge on any atom is 0.295 e. The first-order valence-electron chi connectivity index (χ1n) is 12.8. The second kappa shape index (κ2) is 12.5. The molecule has 1 aliphatic rings. The van der Waals surface area contributed by atoms with E-state index in [1.165, 1.54) is 4.90 Å². The molecule has 1 atom stereocenters. The van der Waals surface area contributed by atoms with Gasteiger partial charge in [-0.1, -0.05) is 55.1 Å². The molecule has 0 saturated carbocycles. The second-order valence-electron chi connectivity index (χ2n) is 9.72. The fourth-order valence-corrected chi connectivity index (χ4v) is 4.52. The van der Waals surface area contributed by atoms with Gasteiger partial charge in [-0.05, 0) is 68.0 Å². The van der Waals surface area contributed by atoms with Crippen LogP contribution in [0.2, 0.25) is 0 Å². The van der Waals surface area contributed by atoms with Gasteiger partial charge in [-0.3, -0.25) is 9.59 Å². The van der Waals surface area contributed by atoms with Crippen LogP contribution >= 0.6 is 0 Å². The maximum atomic E-state index is 13.3. The lowest BCUT2D eigenvalue weighted by Gasteiger charge is -2.26. The van der Waals surface area contributed by atoms with E-state index < -0.39 is 17.7 Å². The molecule has 0 spiro atoms. The van der Waals surface area contributed by atoms with E-state index in [-0.39, 0.29) is 11.3 Å². The number of ether oxygens (including phenoxy) is 2. The van der Waals surface area contributed by atoms with Gasteiger partial charge in [-0.2, -0.15) is 0 Å². The molecule has 0 radical (unpaired) electrons. The lowest BCUT2D eigenvalue weighted by Crippen LogP contribution is -2.35. The summed E-state index contributed by atoms with van der Waals surface area (Å²) in [5.41, 5.74) is 3.06. The number of nitrogens with zero attached hydrogens (tertiary/aromatic N) is 2. The largest absolute Gasteiger partial charge is 0.507 e. The number of likely N-dealkylation sites (N-methyl/N-ethyl adjacent to an activating group) is 1. The van der Waals surface area contributed by atoms with Crippen molar-refractivity contribution in [3.05, 3.63) is 113 Å². The third-order valence-corrected chi connectivity index (χ3v) is 6.58. The SMILES string of the molecule is C=CCOc1ccc(/C(O)=C2/C(=O)C(=O)N(CCN(C)C)C2c2ccc(OCc3ccccc3)cc2)cc1C. The van der Waals surface area contributed by atoms with Crippen LogP contribution in [0, 0.1) is 6.92 Å². The second-order valence-corrected chi connectivity index (χ2v) is 9.72.